The summed E-state index contributed by atoms with van der Waals surface area (Å²) in [5, 5.41) is 19.2. The summed E-state index contributed by atoms with van der Waals surface area (Å²) in [5.74, 6) is 0. The number of nitrogens with zero attached hydrogens (tertiary/aromatic N) is 2. The van der Waals surface area contributed by atoms with Crippen LogP contribution in [-0.4, -0.2) is 4.92 Å². The summed E-state index contributed by atoms with van der Waals surface area (Å²) in [7, 11) is 0. The van der Waals surface area contributed by atoms with Crippen molar-refractivity contribution in [2.24, 2.45) is 0 Å². The minimum absolute atomic E-state index is 0.0792. The maximum Gasteiger partial charge on any atom is 0.269 e. The molecule has 2 aromatic carbocycles. The van der Waals surface area contributed by atoms with Crippen molar-refractivity contribution in [3.05, 3.63) is 75.3 Å². The van der Waals surface area contributed by atoms with Crippen LogP contribution in [0.15, 0.2) is 48.5 Å². The number of hydrogen-bond acceptors (Lipinski definition) is 3. The molecule has 0 amide bonds. The fourth-order valence-corrected chi connectivity index (χ4v) is 1.57. The lowest BCUT2D eigenvalue weighted by atomic mass is 10.1. The molecule has 0 N–H and O–H groups in total. The van der Waals surface area contributed by atoms with Crippen molar-refractivity contribution in [2.75, 3.05) is 0 Å². The third kappa shape index (κ3) is 3.27. The van der Waals surface area contributed by atoms with Gasteiger partial charge >= 0.3 is 0 Å². The van der Waals surface area contributed by atoms with Crippen LogP contribution < -0.4 is 0 Å². The number of non-ortho nitro benzene ring substituents is 1. The lowest BCUT2D eigenvalue weighted by molar-refractivity contribution is -0.384. The van der Waals surface area contributed by atoms with Gasteiger partial charge in [0, 0.05) is 12.1 Å². The molecule has 4 heteroatoms. The highest BCUT2D eigenvalue weighted by molar-refractivity contribution is 5.70. The molecule has 2 aromatic rings. The van der Waals surface area contributed by atoms with Gasteiger partial charge in [-0.1, -0.05) is 24.3 Å². The zero-order chi connectivity index (χ0) is 13.7. The molecule has 19 heavy (non-hydrogen) atoms. The van der Waals surface area contributed by atoms with Crippen LogP contribution in [0, 0.1) is 21.4 Å². The summed E-state index contributed by atoms with van der Waals surface area (Å²) in [4.78, 5) is 10.1. The number of nitro benzene ring substituents is 1. The van der Waals surface area contributed by atoms with E-state index < -0.39 is 4.92 Å². The van der Waals surface area contributed by atoms with Crippen LogP contribution in [0.2, 0.25) is 0 Å². The van der Waals surface area contributed by atoms with Crippen LogP contribution in [0.1, 0.15) is 16.7 Å². The van der Waals surface area contributed by atoms with E-state index in [1.54, 1.807) is 24.3 Å². The van der Waals surface area contributed by atoms with Gasteiger partial charge in [0.05, 0.1) is 16.6 Å². The molecule has 0 fully saturated rings. The highest BCUT2D eigenvalue weighted by Gasteiger charge is 2.01. The van der Waals surface area contributed by atoms with E-state index in [4.69, 9.17) is 5.26 Å². The fourth-order valence-electron chi connectivity index (χ4n) is 1.57. The van der Waals surface area contributed by atoms with Crippen molar-refractivity contribution in [3.8, 4) is 6.07 Å². The van der Waals surface area contributed by atoms with E-state index in [2.05, 4.69) is 6.07 Å². The smallest absolute Gasteiger partial charge is 0.258 e. The molecule has 0 aliphatic rings. The van der Waals surface area contributed by atoms with Crippen molar-refractivity contribution in [1.29, 1.82) is 5.26 Å². The number of benzene rings is 2. The second kappa shape index (κ2) is 5.61. The summed E-state index contributed by atoms with van der Waals surface area (Å²) in [5.41, 5.74) is 2.55. The summed E-state index contributed by atoms with van der Waals surface area (Å²) >= 11 is 0. The Bertz CT molecular complexity index is 650. The van der Waals surface area contributed by atoms with Gasteiger partial charge in [-0.05, 0) is 35.4 Å². The van der Waals surface area contributed by atoms with Gasteiger partial charge in [0.15, 0.2) is 0 Å². The van der Waals surface area contributed by atoms with E-state index in [0.29, 0.717) is 5.56 Å². The quantitative estimate of drug-likeness (QED) is 0.474. The third-order valence-electron chi connectivity index (χ3n) is 2.61. The van der Waals surface area contributed by atoms with E-state index in [1.165, 1.54) is 12.1 Å². The Morgan fingerprint density at radius 1 is 0.947 bits per heavy atom. The molecule has 0 aliphatic heterocycles. The Morgan fingerprint density at radius 3 is 1.84 bits per heavy atom. The van der Waals surface area contributed by atoms with Crippen LogP contribution in [0.25, 0.3) is 12.2 Å². The van der Waals surface area contributed by atoms with Crippen molar-refractivity contribution in [1.82, 2.24) is 0 Å². The molecule has 0 unspecified atom stereocenters. The lowest BCUT2D eigenvalue weighted by Crippen LogP contribution is -1.86. The fraction of sp³-hybridized carbons (Fsp3) is 0. The van der Waals surface area contributed by atoms with Crippen molar-refractivity contribution in [3.63, 3.8) is 0 Å². The normalized spacial score (nSPS) is 10.3. The maximum atomic E-state index is 10.5. The average molecular weight is 250 g/mol. The first-order valence-corrected chi connectivity index (χ1v) is 5.62. The van der Waals surface area contributed by atoms with Crippen LogP contribution in [0.3, 0.4) is 0 Å². The second-order valence-corrected chi connectivity index (χ2v) is 3.92. The average Bonchev–Trinajstić information content (AvgIpc) is 2.46. The van der Waals surface area contributed by atoms with E-state index in [1.807, 2.05) is 24.3 Å². The van der Waals surface area contributed by atoms with Gasteiger partial charge in [-0.2, -0.15) is 5.26 Å². The van der Waals surface area contributed by atoms with Crippen LogP contribution in [0.5, 0.6) is 0 Å². The monoisotopic (exact) mass is 250 g/mol. The minimum atomic E-state index is -0.423. The summed E-state index contributed by atoms with van der Waals surface area (Å²) in [6.45, 7) is 0. The predicted molar refractivity (Wildman–Crippen MR) is 73.2 cm³/mol. The van der Waals surface area contributed by atoms with Gasteiger partial charge in [-0.3, -0.25) is 10.1 Å². The van der Waals surface area contributed by atoms with Gasteiger partial charge in [0.2, 0.25) is 0 Å². The lowest BCUT2D eigenvalue weighted by Gasteiger charge is -1.95. The number of nitro groups is 1. The first-order valence-electron chi connectivity index (χ1n) is 5.62. The van der Waals surface area contributed by atoms with E-state index >= 15 is 0 Å². The minimum Gasteiger partial charge on any atom is -0.258 e. The largest absolute Gasteiger partial charge is 0.269 e. The molecule has 0 atom stereocenters. The van der Waals surface area contributed by atoms with Crippen LogP contribution in [0.4, 0.5) is 5.69 Å². The van der Waals surface area contributed by atoms with Gasteiger partial charge in [-0.25, -0.2) is 0 Å². The first kappa shape index (κ1) is 12.5. The first-order chi connectivity index (χ1) is 9.19. The highest BCUT2D eigenvalue weighted by atomic mass is 16.6. The summed E-state index contributed by atoms with van der Waals surface area (Å²) in [6.07, 6.45) is 3.76. The number of hydrogen-bond donors (Lipinski definition) is 0. The molecule has 0 spiro atoms. The summed E-state index contributed by atoms with van der Waals surface area (Å²) < 4.78 is 0. The molecule has 0 aromatic heterocycles. The molecule has 4 nitrogen and oxygen atoms in total. The van der Waals surface area contributed by atoms with Crippen molar-refractivity contribution < 1.29 is 4.92 Å². The van der Waals surface area contributed by atoms with Crippen LogP contribution >= 0.6 is 0 Å². The molecule has 0 radical (unpaired) electrons. The number of rotatable bonds is 3. The molecule has 0 saturated heterocycles. The molecular formula is C15H10N2O2. The topological polar surface area (TPSA) is 66.9 Å². The standard InChI is InChI=1S/C15H10N2O2/c16-11-14-5-3-12(4-6-14)1-2-13-7-9-15(10-8-13)17(18)19/h1-10H. The Hall–Kier alpha value is -2.93. The van der Waals surface area contributed by atoms with Crippen molar-refractivity contribution in [2.45, 2.75) is 0 Å². The van der Waals surface area contributed by atoms with Gasteiger partial charge in [-0.15, -0.1) is 0 Å². The molecule has 0 saturated carbocycles. The molecule has 0 bridgehead atoms. The SMILES string of the molecule is N#Cc1ccc(C=Cc2ccc([N+](=O)[O-])cc2)cc1. The summed E-state index contributed by atoms with van der Waals surface area (Å²) in [6, 6.07) is 15.6. The third-order valence-corrected chi connectivity index (χ3v) is 2.61. The van der Waals surface area contributed by atoms with E-state index in [-0.39, 0.29) is 5.69 Å². The zero-order valence-electron chi connectivity index (χ0n) is 9.98. The Balaban J connectivity index is 2.13. The molecule has 92 valence electrons. The highest BCUT2D eigenvalue weighted by Crippen LogP contribution is 2.14. The molecule has 2 rings (SSSR count). The van der Waals surface area contributed by atoms with Crippen molar-refractivity contribution >= 4 is 17.8 Å². The Kier molecular flexibility index (Phi) is 3.70. The van der Waals surface area contributed by atoms with Gasteiger partial charge < -0.3 is 0 Å². The molecule has 0 heterocycles. The zero-order valence-corrected chi connectivity index (χ0v) is 9.98. The van der Waals surface area contributed by atoms with Gasteiger partial charge in [0.25, 0.3) is 5.69 Å². The molecule has 0 aliphatic carbocycles. The van der Waals surface area contributed by atoms with E-state index in [0.717, 1.165) is 11.1 Å². The molecular weight excluding hydrogens is 240 g/mol. The Labute approximate surface area is 110 Å². The van der Waals surface area contributed by atoms with Gasteiger partial charge in [0.1, 0.15) is 0 Å². The Morgan fingerprint density at radius 2 is 1.42 bits per heavy atom. The predicted octanol–water partition coefficient (Wildman–Crippen LogP) is 3.64. The van der Waals surface area contributed by atoms with E-state index in [9.17, 15) is 10.1 Å². The maximum absolute atomic E-state index is 10.5. The second-order valence-electron chi connectivity index (χ2n) is 3.92. The van der Waals surface area contributed by atoms with Crippen LogP contribution in [-0.2, 0) is 0 Å². The number of nitriles is 1.